The first-order chi connectivity index (χ1) is 9.75. The van der Waals surface area contributed by atoms with Crippen molar-refractivity contribution < 1.29 is 9.90 Å². The fourth-order valence-corrected chi connectivity index (χ4v) is 3.33. The van der Waals surface area contributed by atoms with Crippen molar-refractivity contribution in [2.24, 2.45) is 5.92 Å². The second kappa shape index (κ2) is 5.73. The topological polar surface area (TPSA) is 43.8 Å². The van der Waals surface area contributed by atoms with Crippen molar-refractivity contribution >= 4 is 11.6 Å². The second-order valence-electron chi connectivity index (χ2n) is 5.78. The summed E-state index contributed by atoms with van der Waals surface area (Å²) in [5.41, 5.74) is 0.875. The number of piperazine rings is 1. The van der Waals surface area contributed by atoms with Crippen molar-refractivity contribution in [1.82, 2.24) is 4.90 Å². The molecular formula is C16H22N2O2. The van der Waals surface area contributed by atoms with Crippen LogP contribution in [0.15, 0.2) is 24.3 Å². The van der Waals surface area contributed by atoms with Crippen LogP contribution in [0, 0.1) is 5.92 Å². The minimum Gasteiger partial charge on any atom is -0.506 e. The molecule has 3 rings (SSSR count). The van der Waals surface area contributed by atoms with E-state index in [-0.39, 0.29) is 5.92 Å². The van der Waals surface area contributed by atoms with Crippen LogP contribution in [-0.2, 0) is 4.79 Å². The number of nitrogens with zero attached hydrogens (tertiary/aromatic N) is 2. The Hall–Kier alpha value is -1.71. The Morgan fingerprint density at radius 1 is 1.05 bits per heavy atom. The van der Waals surface area contributed by atoms with Crippen LogP contribution in [0.1, 0.15) is 25.7 Å². The summed E-state index contributed by atoms with van der Waals surface area (Å²) in [6, 6.07) is 7.42. The number of hydrogen-bond donors (Lipinski definition) is 1. The van der Waals surface area contributed by atoms with Gasteiger partial charge in [-0.05, 0) is 25.0 Å². The minimum absolute atomic E-state index is 0.270. The van der Waals surface area contributed by atoms with E-state index in [0.29, 0.717) is 11.7 Å². The van der Waals surface area contributed by atoms with Crippen LogP contribution in [0.2, 0.25) is 0 Å². The zero-order chi connectivity index (χ0) is 13.9. The Labute approximate surface area is 120 Å². The van der Waals surface area contributed by atoms with Crippen LogP contribution < -0.4 is 4.90 Å². The quantitative estimate of drug-likeness (QED) is 0.899. The monoisotopic (exact) mass is 274 g/mol. The van der Waals surface area contributed by atoms with Crippen LogP contribution in [0.5, 0.6) is 5.75 Å². The molecule has 0 radical (unpaired) electrons. The van der Waals surface area contributed by atoms with Crippen LogP contribution in [0.4, 0.5) is 5.69 Å². The molecule has 0 spiro atoms. The molecule has 1 N–H and O–H groups in total. The molecule has 0 unspecified atom stereocenters. The molecule has 0 atom stereocenters. The summed E-state index contributed by atoms with van der Waals surface area (Å²) in [5.74, 6) is 0.939. The van der Waals surface area contributed by atoms with Crippen molar-refractivity contribution in [3.63, 3.8) is 0 Å². The van der Waals surface area contributed by atoms with Crippen LogP contribution in [0.3, 0.4) is 0 Å². The highest BCUT2D eigenvalue weighted by Crippen LogP contribution is 2.29. The first-order valence-electron chi connectivity index (χ1n) is 7.57. The highest BCUT2D eigenvalue weighted by molar-refractivity contribution is 5.79. The number of benzene rings is 1. The molecule has 0 bridgehead atoms. The number of para-hydroxylation sites is 2. The minimum atomic E-state index is 0.270. The van der Waals surface area contributed by atoms with Crippen LogP contribution in [0.25, 0.3) is 0 Å². The second-order valence-corrected chi connectivity index (χ2v) is 5.78. The number of hydrogen-bond acceptors (Lipinski definition) is 3. The highest BCUT2D eigenvalue weighted by atomic mass is 16.3. The standard InChI is InChI=1S/C16H22N2O2/c19-15-8-4-3-7-14(15)17-9-11-18(12-10-17)16(20)13-5-1-2-6-13/h3-4,7-8,13,19H,1-2,5-6,9-12H2. The van der Waals surface area contributed by atoms with Crippen molar-refractivity contribution in [2.45, 2.75) is 25.7 Å². The lowest BCUT2D eigenvalue weighted by molar-refractivity contribution is -0.135. The van der Waals surface area contributed by atoms with Gasteiger partial charge in [0.1, 0.15) is 5.75 Å². The molecule has 1 saturated heterocycles. The number of rotatable bonds is 2. The van der Waals surface area contributed by atoms with Gasteiger partial charge in [0.25, 0.3) is 0 Å². The van der Waals surface area contributed by atoms with E-state index in [9.17, 15) is 9.90 Å². The molecule has 2 aliphatic rings. The van der Waals surface area contributed by atoms with E-state index in [0.717, 1.165) is 44.7 Å². The normalized spacial score (nSPS) is 20.4. The lowest BCUT2D eigenvalue weighted by Gasteiger charge is -2.37. The summed E-state index contributed by atoms with van der Waals surface area (Å²) in [7, 11) is 0. The van der Waals surface area contributed by atoms with Crippen molar-refractivity contribution in [3.8, 4) is 5.75 Å². The molecule has 1 saturated carbocycles. The summed E-state index contributed by atoms with van der Waals surface area (Å²) in [5, 5.41) is 9.89. The molecule has 108 valence electrons. The summed E-state index contributed by atoms with van der Waals surface area (Å²) in [6.45, 7) is 3.14. The van der Waals surface area contributed by atoms with E-state index in [1.54, 1.807) is 6.07 Å². The maximum absolute atomic E-state index is 12.4. The lowest BCUT2D eigenvalue weighted by Crippen LogP contribution is -2.50. The first-order valence-corrected chi connectivity index (χ1v) is 7.57. The SMILES string of the molecule is O=C(C1CCCC1)N1CCN(c2ccccc2O)CC1. The number of amides is 1. The molecule has 1 amide bonds. The molecule has 1 aliphatic heterocycles. The average molecular weight is 274 g/mol. The fraction of sp³-hybridized carbons (Fsp3) is 0.562. The summed E-state index contributed by atoms with van der Waals surface area (Å²) < 4.78 is 0. The third-order valence-electron chi connectivity index (χ3n) is 4.52. The molecule has 2 fully saturated rings. The van der Waals surface area contributed by atoms with Gasteiger partial charge in [0.05, 0.1) is 5.69 Å². The van der Waals surface area contributed by atoms with Gasteiger partial charge < -0.3 is 14.9 Å². The van der Waals surface area contributed by atoms with Gasteiger partial charge in [-0.25, -0.2) is 0 Å². The summed E-state index contributed by atoms with van der Waals surface area (Å²) in [6.07, 6.45) is 4.54. The van der Waals surface area contributed by atoms with Gasteiger partial charge in [-0.15, -0.1) is 0 Å². The molecular weight excluding hydrogens is 252 g/mol. The van der Waals surface area contributed by atoms with Gasteiger partial charge in [-0.3, -0.25) is 4.79 Å². The number of aromatic hydroxyl groups is 1. The van der Waals surface area contributed by atoms with Crippen molar-refractivity contribution in [3.05, 3.63) is 24.3 Å². The van der Waals surface area contributed by atoms with Gasteiger partial charge >= 0.3 is 0 Å². The predicted octanol–water partition coefficient (Wildman–Crippen LogP) is 2.23. The number of anilines is 1. The number of carbonyl (C=O) groups excluding carboxylic acids is 1. The molecule has 1 aromatic carbocycles. The third kappa shape index (κ3) is 2.60. The Bertz CT molecular complexity index is 475. The molecule has 20 heavy (non-hydrogen) atoms. The lowest BCUT2D eigenvalue weighted by atomic mass is 10.1. The first kappa shape index (κ1) is 13.3. The Balaban J connectivity index is 1.59. The highest BCUT2D eigenvalue weighted by Gasteiger charge is 2.29. The van der Waals surface area contributed by atoms with E-state index in [1.807, 2.05) is 23.1 Å². The predicted molar refractivity (Wildman–Crippen MR) is 78.9 cm³/mol. The van der Waals surface area contributed by atoms with Gasteiger partial charge in [-0.1, -0.05) is 25.0 Å². The van der Waals surface area contributed by atoms with E-state index < -0.39 is 0 Å². The maximum atomic E-state index is 12.4. The van der Waals surface area contributed by atoms with Gasteiger partial charge in [0.15, 0.2) is 0 Å². The maximum Gasteiger partial charge on any atom is 0.225 e. The summed E-state index contributed by atoms with van der Waals surface area (Å²) >= 11 is 0. The van der Waals surface area contributed by atoms with Crippen molar-refractivity contribution in [1.29, 1.82) is 0 Å². The number of carbonyl (C=O) groups is 1. The Morgan fingerprint density at radius 2 is 1.70 bits per heavy atom. The number of phenolic OH excluding ortho intramolecular Hbond substituents is 1. The zero-order valence-electron chi connectivity index (χ0n) is 11.8. The number of phenols is 1. The fourth-order valence-electron chi connectivity index (χ4n) is 3.33. The van der Waals surface area contributed by atoms with Crippen LogP contribution >= 0.6 is 0 Å². The third-order valence-corrected chi connectivity index (χ3v) is 4.52. The Kier molecular flexibility index (Phi) is 3.81. The summed E-state index contributed by atoms with van der Waals surface area (Å²) in [4.78, 5) is 16.5. The van der Waals surface area contributed by atoms with Gasteiger partial charge in [0.2, 0.25) is 5.91 Å². The molecule has 1 aliphatic carbocycles. The molecule has 4 heteroatoms. The van der Waals surface area contributed by atoms with E-state index in [1.165, 1.54) is 12.8 Å². The van der Waals surface area contributed by atoms with E-state index in [4.69, 9.17) is 0 Å². The average Bonchev–Trinajstić information content (AvgIpc) is 3.01. The largest absolute Gasteiger partial charge is 0.506 e. The van der Waals surface area contributed by atoms with E-state index in [2.05, 4.69) is 4.90 Å². The molecule has 1 heterocycles. The van der Waals surface area contributed by atoms with Gasteiger partial charge in [0, 0.05) is 32.1 Å². The van der Waals surface area contributed by atoms with Crippen molar-refractivity contribution in [2.75, 3.05) is 31.1 Å². The zero-order valence-corrected chi connectivity index (χ0v) is 11.8. The smallest absolute Gasteiger partial charge is 0.225 e. The molecule has 4 nitrogen and oxygen atoms in total. The molecule has 1 aromatic rings. The van der Waals surface area contributed by atoms with Gasteiger partial charge in [-0.2, -0.15) is 0 Å². The van der Waals surface area contributed by atoms with Crippen LogP contribution in [-0.4, -0.2) is 42.1 Å². The Morgan fingerprint density at radius 3 is 2.35 bits per heavy atom. The molecule has 0 aromatic heterocycles. The van der Waals surface area contributed by atoms with E-state index >= 15 is 0 Å².